The fraction of sp³-hybridized carbons (Fsp3) is 0.0417. The summed E-state index contributed by atoms with van der Waals surface area (Å²) in [5.41, 5.74) is 12.2. The maximum absolute atomic E-state index is 13.6. The first-order valence-electron chi connectivity index (χ1n) is 9.91. The number of aromatic nitrogens is 1. The summed E-state index contributed by atoms with van der Waals surface area (Å²) in [5, 5.41) is 0. The molecule has 3 aromatic heterocycles. The van der Waals surface area contributed by atoms with E-state index < -0.39 is 23.2 Å². The molecule has 4 aromatic rings. The lowest BCUT2D eigenvalue weighted by Gasteiger charge is -2.25. The van der Waals surface area contributed by atoms with Gasteiger partial charge in [0, 0.05) is 11.6 Å². The van der Waals surface area contributed by atoms with Crippen molar-refractivity contribution in [2.75, 3.05) is 0 Å². The number of thiazole rings is 1. The van der Waals surface area contributed by atoms with Crippen LogP contribution in [-0.4, -0.2) is 16.3 Å². The quantitative estimate of drug-likeness (QED) is 0.433. The summed E-state index contributed by atoms with van der Waals surface area (Å²) in [7, 11) is 0. The molecular weight excluding hydrogens is 442 g/mol. The van der Waals surface area contributed by atoms with Crippen LogP contribution < -0.4 is 26.2 Å². The van der Waals surface area contributed by atoms with Gasteiger partial charge in [0.2, 0.25) is 5.91 Å². The van der Waals surface area contributed by atoms with Crippen molar-refractivity contribution in [1.82, 2.24) is 4.57 Å². The van der Waals surface area contributed by atoms with E-state index in [-0.39, 0.29) is 26.2 Å². The summed E-state index contributed by atoms with van der Waals surface area (Å²) in [5.74, 6) is -1.51. The Balaban J connectivity index is 1.87. The number of fused-ring (bicyclic) bond motifs is 1. The van der Waals surface area contributed by atoms with E-state index in [4.69, 9.17) is 20.3 Å². The van der Waals surface area contributed by atoms with Crippen molar-refractivity contribution < 1.29 is 18.4 Å². The highest BCUT2D eigenvalue weighted by atomic mass is 32.1. The Morgan fingerprint density at radius 1 is 0.970 bits per heavy atom. The van der Waals surface area contributed by atoms with Crippen molar-refractivity contribution in [2.24, 2.45) is 11.5 Å². The summed E-state index contributed by atoms with van der Waals surface area (Å²) in [6.45, 7) is 0. The van der Waals surface area contributed by atoms with E-state index >= 15 is 0 Å². The molecular formula is C24H17N3O5S. The van der Waals surface area contributed by atoms with Crippen LogP contribution in [0.15, 0.2) is 86.3 Å². The smallest absolute Gasteiger partial charge is 0.274 e. The molecule has 1 aromatic carbocycles. The van der Waals surface area contributed by atoms with E-state index in [1.54, 1.807) is 60.7 Å². The zero-order valence-electron chi connectivity index (χ0n) is 17.1. The largest absolute Gasteiger partial charge is 0.468 e. The lowest BCUT2D eigenvalue weighted by Crippen LogP contribution is -2.42. The van der Waals surface area contributed by atoms with E-state index in [0.717, 1.165) is 15.9 Å². The number of ketones is 1. The number of carbonyl (C=O) groups excluding carboxylic acids is 2. The number of amides is 1. The highest BCUT2D eigenvalue weighted by Crippen LogP contribution is 2.38. The lowest BCUT2D eigenvalue weighted by atomic mass is 9.83. The molecule has 0 fully saturated rings. The average molecular weight is 459 g/mol. The van der Waals surface area contributed by atoms with Crippen molar-refractivity contribution in [1.29, 1.82) is 0 Å². The highest BCUT2D eigenvalue weighted by Gasteiger charge is 2.39. The van der Waals surface area contributed by atoms with Crippen molar-refractivity contribution in [3.63, 3.8) is 0 Å². The summed E-state index contributed by atoms with van der Waals surface area (Å²) < 4.78 is 12.6. The molecule has 1 aliphatic heterocycles. The van der Waals surface area contributed by atoms with Crippen LogP contribution in [-0.2, 0) is 4.79 Å². The molecule has 0 aliphatic carbocycles. The van der Waals surface area contributed by atoms with E-state index in [1.165, 1.54) is 12.5 Å². The molecule has 4 heterocycles. The van der Waals surface area contributed by atoms with E-state index in [0.29, 0.717) is 17.1 Å². The third-order valence-electron chi connectivity index (χ3n) is 5.34. The van der Waals surface area contributed by atoms with Gasteiger partial charge in [0.15, 0.2) is 5.78 Å². The first-order chi connectivity index (χ1) is 16.0. The second kappa shape index (κ2) is 7.95. The fourth-order valence-electron chi connectivity index (χ4n) is 3.90. The van der Waals surface area contributed by atoms with Crippen molar-refractivity contribution in [2.45, 2.75) is 5.92 Å². The molecule has 0 saturated heterocycles. The average Bonchev–Trinajstić information content (AvgIpc) is 3.57. The van der Waals surface area contributed by atoms with Gasteiger partial charge in [-0.25, -0.2) is 0 Å². The third-order valence-corrected chi connectivity index (χ3v) is 6.45. The molecule has 0 spiro atoms. The zero-order chi connectivity index (χ0) is 23.1. The van der Waals surface area contributed by atoms with Crippen LogP contribution in [0.5, 0.6) is 0 Å². The van der Waals surface area contributed by atoms with Crippen LogP contribution in [0.4, 0.5) is 0 Å². The van der Waals surface area contributed by atoms with Gasteiger partial charge < -0.3 is 20.3 Å². The monoisotopic (exact) mass is 459 g/mol. The minimum absolute atomic E-state index is 0.0434. The van der Waals surface area contributed by atoms with E-state index in [2.05, 4.69) is 0 Å². The van der Waals surface area contributed by atoms with Gasteiger partial charge in [-0.15, -0.1) is 11.3 Å². The van der Waals surface area contributed by atoms with Gasteiger partial charge in [-0.2, -0.15) is 0 Å². The lowest BCUT2D eigenvalue weighted by molar-refractivity contribution is -0.113. The number of primary amides is 1. The summed E-state index contributed by atoms with van der Waals surface area (Å²) in [4.78, 5) is 39.6. The number of Topliss-reactive ketones (excluding diaryl/α,β-unsaturated/α-hetero) is 1. The standard InChI is InChI=1S/C24H17N3O5S/c25-21-18(20(28)13-6-2-1-3-7-13)17(15-9-5-11-32-15)19(22(26)29)24-27(21)23(30)16(33-24)12-14-8-4-10-31-14/h1-12,17H,25H2,(H2,26,29). The second-order valence-electron chi connectivity index (χ2n) is 7.29. The molecule has 33 heavy (non-hydrogen) atoms. The number of benzene rings is 1. The minimum atomic E-state index is -0.972. The number of hydrogen-bond donors (Lipinski definition) is 2. The van der Waals surface area contributed by atoms with Gasteiger partial charge in [-0.1, -0.05) is 30.3 Å². The molecule has 8 nitrogen and oxygen atoms in total. The maximum atomic E-state index is 13.6. The van der Waals surface area contributed by atoms with E-state index in [9.17, 15) is 14.4 Å². The third kappa shape index (κ3) is 3.35. The summed E-state index contributed by atoms with van der Waals surface area (Å²) in [6.07, 6.45) is 4.46. The van der Waals surface area contributed by atoms with Gasteiger partial charge in [0.1, 0.15) is 22.0 Å². The predicted octanol–water partition coefficient (Wildman–Crippen LogP) is 1.37. The van der Waals surface area contributed by atoms with Crippen LogP contribution in [0.25, 0.3) is 17.5 Å². The van der Waals surface area contributed by atoms with Crippen molar-refractivity contribution in [3.8, 4) is 0 Å². The molecule has 4 N–H and O–H groups in total. The van der Waals surface area contributed by atoms with Gasteiger partial charge in [0.25, 0.3) is 5.56 Å². The van der Waals surface area contributed by atoms with Crippen molar-refractivity contribution in [3.05, 3.63) is 109 Å². The van der Waals surface area contributed by atoms with Crippen LogP contribution >= 0.6 is 11.3 Å². The Hall–Kier alpha value is -4.37. The van der Waals surface area contributed by atoms with Crippen LogP contribution in [0.3, 0.4) is 0 Å². The Kier molecular flexibility index (Phi) is 4.95. The second-order valence-corrected chi connectivity index (χ2v) is 8.32. The first kappa shape index (κ1) is 20.5. The van der Waals surface area contributed by atoms with Gasteiger partial charge in [-0.3, -0.25) is 19.0 Å². The van der Waals surface area contributed by atoms with Crippen LogP contribution in [0.1, 0.15) is 27.8 Å². The zero-order valence-corrected chi connectivity index (χ0v) is 17.9. The van der Waals surface area contributed by atoms with Gasteiger partial charge in [0.05, 0.1) is 34.1 Å². The molecule has 0 radical (unpaired) electrons. The number of rotatable bonds is 5. The molecule has 9 heteroatoms. The molecule has 164 valence electrons. The number of nitrogens with two attached hydrogens (primary N) is 2. The van der Waals surface area contributed by atoms with Crippen LogP contribution in [0.2, 0.25) is 0 Å². The van der Waals surface area contributed by atoms with Gasteiger partial charge >= 0.3 is 0 Å². The van der Waals surface area contributed by atoms with Crippen LogP contribution in [0, 0.1) is 0 Å². The molecule has 1 atom stereocenters. The fourth-order valence-corrected chi connectivity index (χ4v) is 5.06. The first-order valence-corrected chi connectivity index (χ1v) is 10.7. The summed E-state index contributed by atoms with van der Waals surface area (Å²) in [6, 6.07) is 15.1. The Morgan fingerprint density at radius 2 is 1.70 bits per heavy atom. The number of hydrogen-bond acceptors (Lipinski definition) is 7. The highest BCUT2D eigenvalue weighted by molar-refractivity contribution is 7.07. The Labute approximate surface area is 190 Å². The molecule has 1 amide bonds. The molecule has 0 saturated carbocycles. The Bertz CT molecular complexity index is 1570. The maximum Gasteiger partial charge on any atom is 0.274 e. The minimum Gasteiger partial charge on any atom is -0.468 e. The topological polar surface area (TPSA) is 134 Å². The number of furan rings is 2. The number of carbonyl (C=O) groups is 2. The summed E-state index contributed by atoms with van der Waals surface area (Å²) >= 11 is 1.04. The predicted molar refractivity (Wildman–Crippen MR) is 122 cm³/mol. The molecule has 1 aliphatic rings. The van der Waals surface area contributed by atoms with E-state index in [1.807, 2.05) is 0 Å². The normalized spacial score (nSPS) is 16.2. The number of nitrogens with zero attached hydrogens (tertiary/aromatic N) is 1. The molecule has 0 bridgehead atoms. The van der Waals surface area contributed by atoms with Crippen molar-refractivity contribution >= 4 is 40.5 Å². The Morgan fingerprint density at radius 3 is 2.33 bits per heavy atom. The van der Waals surface area contributed by atoms with Gasteiger partial charge in [-0.05, 0) is 24.3 Å². The molecule has 5 rings (SSSR count). The SMILES string of the molecule is NC(=O)C1=c2sc(=Cc3ccco3)c(=O)n2C(N)=C(C(=O)c2ccccc2)C1c1ccco1. The molecule has 1 unspecified atom stereocenters. The number of allylic oxidation sites excluding steroid dienone is 1.